The first-order valence-corrected chi connectivity index (χ1v) is 4.03. The van der Waals surface area contributed by atoms with Gasteiger partial charge in [0.15, 0.2) is 0 Å². The number of aliphatic hydroxyl groups excluding tert-OH is 1. The third-order valence-corrected chi connectivity index (χ3v) is 2.66. The number of rotatable bonds is 1. The lowest BCUT2D eigenvalue weighted by Crippen LogP contribution is -2.43. The summed E-state index contributed by atoms with van der Waals surface area (Å²) in [5.74, 6) is 0. The summed E-state index contributed by atoms with van der Waals surface area (Å²) in [6.45, 7) is 2.22. The lowest BCUT2D eigenvalue weighted by molar-refractivity contribution is 0.0927. The van der Waals surface area contributed by atoms with E-state index in [1.807, 2.05) is 7.05 Å². The Labute approximate surface area is 62.6 Å². The molecule has 0 aromatic heterocycles. The molecule has 0 amide bonds. The van der Waals surface area contributed by atoms with Crippen molar-refractivity contribution in [3.8, 4) is 0 Å². The van der Waals surface area contributed by atoms with Gasteiger partial charge in [-0.1, -0.05) is 0 Å². The molecule has 0 unspecified atom stereocenters. The molecule has 0 aromatic rings. The van der Waals surface area contributed by atoms with Crippen molar-refractivity contribution >= 4 is 0 Å². The number of hydrogen-bond donors (Lipinski definition) is 2. The van der Waals surface area contributed by atoms with Crippen LogP contribution in [0.25, 0.3) is 0 Å². The summed E-state index contributed by atoms with van der Waals surface area (Å²) >= 11 is 0. The predicted molar refractivity (Wildman–Crippen MR) is 41.9 cm³/mol. The maximum atomic E-state index is 9.21. The van der Waals surface area contributed by atoms with Gasteiger partial charge in [0.25, 0.3) is 0 Å². The number of nitrogens with one attached hydrogen (secondary N) is 1. The van der Waals surface area contributed by atoms with Gasteiger partial charge < -0.3 is 10.4 Å². The first-order valence-electron chi connectivity index (χ1n) is 4.03. The van der Waals surface area contributed by atoms with Crippen LogP contribution in [0, 0.1) is 0 Å². The van der Waals surface area contributed by atoms with Crippen molar-refractivity contribution in [1.82, 2.24) is 5.32 Å². The van der Waals surface area contributed by atoms with Crippen LogP contribution in [0.15, 0.2) is 0 Å². The average molecular weight is 143 g/mol. The summed E-state index contributed by atoms with van der Waals surface area (Å²) in [7, 11) is 2.00. The zero-order valence-corrected chi connectivity index (χ0v) is 6.85. The molecule has 0 saturated heterocycles. The molecule has 1 aliphatic rings. The highest BCUT2D eigenvalue weighted by molar-refractivity contribution is 4.87. The fraction of sp³-hybridized carbons (Fsp3) is 1.00. The highest BCUT2D eigenvalue weighted by Gasteiger charge is 2.27. The lowest BCUT2D eigenvalue weighted by atomic mass is 9.82. The van der Waals surface area contributed by atoms with E-state index in [1.54, 1.807) is 0 Å². The Bertz CT molecular complexity index is 106. The summed E-state index contributed by atoms with van der Waals surface area (Å²) in [4.78, 5) is 0. The van der Waals surface area contributed by atoms with Crippen molar-refractivity contribution in [2.45, 2.75) is 44.2 Å². The summed E-state index contributed by atoms with van der Waals surface area (Å²) in [5, 5.41) is 12.5. The number of hydrogen-bond acceptors (Lipinski definition) is 2. The fourth-order valence-electron chi connectivity index (χ4n) is 1.49. The summed E-state index contributed by atoms with van der Waals surface area (Å²) in [6, 6.07) is 0. The molecule has 2 heteroatoms. The van der Waals surface area contributed by atoms with Crippen LogP contribution in [0.1, 0.15) is 32.6 Å². The van der Waals surface area contributed by atoms with E-state index in [4.69, 9.17) is 0 Å². The molecule has 2 N–H and O–H groups in total. The second kappa shape index (κ2) is 2.89. The van der Waals surface area contributed by atoms with Crippen LogP contribution < -0.4 is 5.32 Å². The van der Waals surface area contributed by atoms with Gasteiger partial charge in [0.2, 0.25) is 0 Å². The Hall–Kier alpha value is -0.0800. The normalized spacial score (nSPS) is 41.7. The van der Waals surface area contributed by atoms with Crippen LogP contribution in [-0.4, -0.2) is 23.8 Å². The van der Waals surface area contributed by atoms with E-state index in [1.165, 1.54) is 0 Å². The fourth-order valence-corrected chi connectivity index (χ4v) is 1.49. The third kappa shape index (κ3) is 1.70. The minimum atomic E-state index is -0.0403. The molecule has 0 spiro atoms. The molecule has 1 aliphatic carbocycles. The monoisotopic (exact) mass is 143 g/mol. The van der Waals surface area contributed by atoms with Crippen LogP contribution in [0.3, 0.4) is 0 Å². The molecule has 1 fully saturated rings. The van der Waals surface area contributed by atoms with E-state index < -0.39 is 0 Å². The van der Waals surface area contributed by atoms with Gasteiger partial charge in [-0.25, -0.2) is 0 Å². The Morgan fingerprint density at radius 3 is 2.30 bits per heavy atom. The van der Waals surface area contributed by atoms with E-state index in [-0.39, 0.29) is 6.10 Å². The van der Waals surface area contributed by atoms with E-state index >= 15 is 0 Å². The molecule has 0 bridgehead atoms. The Balaban J connectivity index is 2.38. The topological polar surface area (TPSA) is 32.3 Å². The summed E-state index contributed by atoms with van der Waals surface area (Å²) in [5.41, 5.74) is 0.291. The van der Waals surface area contributed by atoms with Crippen LogP contribution in [0.5, 0.6) is 0 Å². The zero-order chi connectivity index (χ0) is 7.61. The molecule has 0 radical (unpaired) electrons. The second-order valence-corrected chi connectivity index (χ2v) is 3.54. The molecule has 60 valence electrons. The minimum absolute atomic E-state index is 0.0403. The maximum absolute atomic E-state index is 9.21. The quantitative estimate of drug-likeness (QED) is 0.571. The highest BCUT2D eigenvalue weighted by atomic mass is 16.3. The average Bonchev–Trinajstić information content (AvgIpc) is 1.96. The van der Waals surface area contributed by atoms with Crippen LogP contribution in [0.4, 0.5) is 0 Å². The Morgan fingerprint density at radius 1 is 1.40 bits per heavy atom. The molecular formula is C8H17NO. The Kier molecular flexibility index (Phi) is 2.32. The summed E-state index contributed by atoms with van der Waals surface area (Å²) in [6.07, 6.45) is 4.07. The van der Waals surface area contributed by atoms with Gasteiger partial charge in [-0.05, 0) is 39.7 Å². The van der Waals surface area contributed by atoms with Gasteiger partial charge in [0.05, 0.1) is 6.10 Å². The lowest BCUT2D eigenvalue weighted by Gasteiger charge is -2.35. The van der Waals surface area contributed by atoms with E-state index in [9.17, 15) is 5.11 Å². The van der Waals surface area contributed by atoms with Crippen molar-refractivity contribution in [2.24, 2.45) is 0 Å². The predicted octanol–water partition coefficient (Wildman–Crippen LogP) is 0.899. The maximum Gasteiger partial charge on any atom is 0.0541 e. The molecule has 0 aromatic carbocycles. The van der Waals surface area contributed by atoms with Gasteiger partial charge in [0.1, 0.15) is 0 Å². The highest BCUT2D eigenvalue weighted by Crippen LogP contribution is 2.27. The third-order valence-electron chi connectivity index (χ3n) is 2.66. The van der Waals surface area contributed by atoms with Crippen LogP contribution in [-0.2, 0) is 0 Å². The van der Waals surface area contributed by atoms with Gasteiger partial charge >= 0.3 is 0 Å². The molecule has 0 aliphatic heterocycles. The molecular weight excluding hydrogens is 126 g/mol. The van der Waals surface area contributed by atoms with Gasteiger partial charge in [-0.2, -0.15) is 0 Å². The molecule has 0 heterocycles. The van der Waals surface area contributed by atoms with Crippen molar-refractivity contribution in [1.29, 1.82) is 0 Å². The molecule has 1 saturated carbocycles. The van der Waals surface area contributed by atoms with Crippen molar-refractivity contribution in [3.63, 3.8) is 0 Å². The molecule has 2 nitrogen and oxygen atoms in total. The first-order chi connectivity index (χ1) is 4.66. The van der Waals surface area contributed by atoms with E-state index in [0.29, 0.717) is 5.54 Å². The Morgan fingerprint density at radius 2 is 1.90 bits per heavy atom. The minimum Gasteiger partial charge on any atom is -0.393 e. The van der Waals surface area contributed by atoms with Crippen LogP contribution >= 0.6 is 0 Å². The van der Waals surface area contributed by atoms with Gasteiger partial charge in [-0.15, -0.1) is 0 Å². The molecule has 1 rings (SSSR count). The van der Waals surface area contributed by atoms with Gasteiger partial charge in [0, 0.05) is 5.54 Å². The van der Waals surface area contributed by atoms with Crippen LogP contribution in [0.2, 0.25) is 0 Å². The molecule has 10 heavy (non-hydrogen) atoms. The second-order valence-electron chi connectivity index (χ2n) is 3.54. The van der Waals surface area contributed by atoms with E-state index in [0.717, 1.165) is 25.7 Å². The zero-order valence-electron chi connectivity index (χ0n) is 6.85. The smallest absolute Gasteiger partial charge is 0.0541 e. The standard InChI is InChI=1S/C8H17NO/c1-8(9-2)5-3-7(10)4-6-8/h7,9-10H,3-6H2,1-2H3/t7-,8+. The van der Waals surface area contributed by atoms with Gasteiger partial charge in [-0.3, -0.25) is 0 Å². The van der Waals surface area contributed by atoms with Crippen molar-refractivity contribution in [3.05, 3.63) is 0 Å². The number of aliphatic hydroxyl groups is 1. The first kappa shape index (κ1) is 8.02. The SMILES string of the molecule is CN[C@]1(C)CC[C@H](O)CC1. The summed E-state index contributed by atoms with van der Waals surface area (Å²) < 4.78 is 0. The largest absolute Gasteiger partial charge is 0.393 e. The van der Waals surface area contributed by atoms with Crippen molar-refractivity contribution < 1.29 is 5.11 Å². The van der Waals surface area contributed by atoms with Crippen molar-refractivity contribution in [2.75, 3.05) is 7.05 Å². The molecule has 0 atom stereocenters. The van der Waals surface area contributed by atoms with E-state index in [2.05, 4.69) is 12.2 Å².